The molecule has 3 fully saturated rings. The SMILES string of the molecule is CC(=O)OC[C@H]1O[C@@H](O[C@H]2[C@H](OC(C)=O)[C@H](OC(C)=O)C[C@H]3C(=O)OC(=O)[C@@H]23)[C@H](OC(C)=O)[C@@H](OC(C)=O)[C@@H]1OC(C)=O. The third-order valence-electron chi connectivity index (χ3n) is 6.60. The van der Waals surface area contributed by atoms with Crippen molar-refractivity contribution >= 4 is 47.8 Å². The molecule has 0 aromatic rings. The van der Waals surface area contributed by atoms with Crippen molar-refractivity contribution in [2.45, 2.75) is 97.0 Å². The molecular weight excluding hydrogens is 584 g/mol. The highest BCUT2D eigenvalue weighted by Gasteiger charge is 2.62. The fourth-order valence-electron chi connectivity index (χ4n) is 5.24. The lowest BCUT2D eigenvalue weighted by molar-refractivity contribution is -0.330. The lowest BCUT2D eigenvalue weighted by Gasteiger charge is -2.47. The molecule has 3 aliphatic rings. The van der Waals surface area contributed by atoms with Crippen molar-refractivity contribution in [3.8, 4) is 0 Å². The molecule has 0 N–H and O–H groups in total. The zero-order chi connectivity index (χ0) is 32.2. The number of rotatable bonds is 9. The van der Waals surface area contributed by atoms with Gasteiger partial charge in [-0.2, -0.15) is 0 Å². The van der Waals surface area contributed by atoms with Gasteiger partial charge in [0, 0.05) is 48.0 Å². The second-order valence-electron chi connectivity index (χ2n) is 10.00. The molecule has 0 aromatic heterocycles. The first-order valence-electron chi connectivity index (χ1n) is 13.1. The largest absolute Gasteiger partial charge is 0.463 e. The molecule has 2 saturated heterocycles. The first-order chi connectivity index (χ1) is 20.1. The van der Waals surface area contributed by atoms with E-state index < -0.39 is 115 Å². The van der Waals surface area contributed by atoms with Crippen LogP contribution in [0.4, 0.5) is 0 Å². The molecule has 0 aromatic carbocycles. The summed E-state index contributed by atoms with van der Waals surface area (Å²) in [4.78, 5) is 97.2. The molecule has 3 rings (SSSR count). The summed E-state index contributed by atoms with van der Waals surface area (Å²) in [5, 5.41) is 0. The molecular formula is C26H32O17. The Morgan fingerprint density at radius 1 is 0.628 bits per heavy atom. The van der Waals surface area contributed by atoms with Crippen LogP contribution >= 0.6 is 0 Å². The number of hydrogen-bond donors (Lipinski definition) is 0. The maximum atomic E-state index is 12.8. The minimum atomic E-state index is -1.80. The molecule has 17 nitrogen and oxygen atoms in total. The fourth-order valence-corrected chi connectivity index (χ4v) is 5.24. The number of fused-ring (bicyclic) bond motifs is 1. The molecule has 1 saturated carbocycles. The first-order valence-corrected chi connectivity index (χ1v) is 13.1. The van der Waals surface area contributed by atoms with Crippen molar-refractivity contribution in [2.75, 3.05) is 6.61 Å². The van der Waals surface area contributed by atoms with Gasteiger partial charge in [0.1, 0.15) is 30.8 Å². The van der Waals surface area contributed by atoms with Crippen molar-refractivity contribution in [2.24, 2.45) is 11.8 Å². The van der Waals surface area contributed by atoms with Crippen LogP contribution in [0.3, 0.4) is 0 Å². The van der Waals surface area contributed by atoms with E-state index in [0.717, 1.165) is 41.5 Å². The van der Waals surface area contributed by atoms with Gasteiger partial charge in [-0.05, 0) is 0 Å². The highest BCUT2D eigenvalue weighted by molar-refractivity contribution is 5.97. The van der Waals surface area contributed by atoms with E-state index >= 15 is 0 Å². The summed E-state index contributed by atoms with van der Waals surface area (Å²) in [7, 11) is 0. The summed E-state index contributed by atoms with van der Waals surface area (Å²) >= 11 is 0. The summed E-state index contributed by atoms with van der Waals surface area (Å²) in [6, 6.07) is 0. The first kappa shape index (κ1) is 33.4. The van der Waals surface area contributed by atoms with Gasteiger partial charge in [0.05, 0.1) is 5.92 Å². The van der Waals surface area contributed by atoms with Gasteiger partial charge < -0.3 is 42.6 Å². The highest BCUT2D eigenvalue weighted by atomic mass is 16.7. The van der Waals surface area contributed by atoms with E-state index in [0.29, 0.717) is 0 Å². The topological polar surface area (TPSA) is 220 Å². The molecule has 43 heavy (non-hydrogen) atoms. The Kier molecular flexibility index (Phi) is 10.8. The zero-order valence-electron chi connectivity index (χ0n) is 24.1. The van der Waals surface area contributed by atoms with E-state index in [2.05, 4.69) is 0 Å². The Morgan fingerprint density at radius 3 is 1.67 bits per heavy atom. The van der Waals surface area contributed by atoms with Crippen LogP contribution in [-0.4, -0.2) is 103 Å². The Balaban J connectivity index is 2.12. The average molecular weight is 617 g/mol. The van der Waals surface area contributed by atoms with Crippen LogP contribution in [0.1, 0.15) is 48.0 Å². The summed E-state index contributed by atoms with van der Waals surface area (Å²) in [6.45, 7) is 5.71. The van der Waals surface area contributed by atoms with Crippen LogP contribution in [0.15, 0.2) is 0 Å². The minimum Gasteiger partial charge on any atom is -0.463 e. The number of hydrogen-bond acceptors (Lipinski definition) is 17. The third-order valence-corrected chi connectivity index (χ3v) is 6.60. The summed E-state index contributed by atoms with van der Waals surface area (Å²) in [5.41, 5.74) is 0. The second kappa shape index (κ2) is 13.9. The molecule has 0 spiro atoms. The number of carbonyl (C=O) groups excluding carboxylic acids is 8. The van der Waals surface area contributed by atoms with Gasteiger partial charge in [-0.15, -0.1) is 0 Å². The Bertz CT molecular complexity index is 1160. The van der Waals surface area contributed by atoms with Gasteiger partial charge in [0.25, 0.3) is 0 Å². The number of esters is 8. The molecule has 0 bridgehead atoms. The predicted molar refractivity (Wildman–Crippen MR) is 131 cm³/mol. The molecule has 17 heteroatoms. The van der Waals surface area contributed by atoms with Crippen LogP contribution in [0.5, 0.6) is 0 Å². The van der Waals surface area contributed by atoms with Gasteiger partial charge in [-0.1, -0.05) is 0 Å². The quantitative estimate of drug-likeness (QED) is 0.173. The van der Waals surface area contributed by atoms with E-state index in [-0.39, 0.29) is 6.42 Å². The molecule has 238 valence electrons. The lowest BCUT2D eigenvalue weighted by Crippen LogP contribution is -2.65. The van der Waals surface area contributed by atoms with Gasteiger partial charge in [0.15, 0.2) is 30.7 Å². The summed E-state index contributed by atoms with van der Waals surface area (Å²) in [5.74, 6) is -9.69. The second-order valence-corrected chi connectivity index (χ2v) is 10.00. The van der Waals surface area contributed by atoms with Crippen LogP contribution in [-0.2, 0) is 81.0 Å². The minimum absolute atomic E-state index is 0.259. The third kappa shape index (κ3) is 8.25. The Labute approximate surface area is 244 Å². The van der Waals surface area contributed by atoms with Crippen LogP contribution in [0.25, 0.3) is 0 Å². The molecule has 0 unspecified atom stereocenters. The Morgan fingerprint density at radius 2 is 1.14 bits per heavy atom. The molecule has 2 aliphatic heterocycles. The van der Waals surface area contributed by atoms with Crippen LogP contribution < -0.4 is 0 Å². The molecule has 0 amide bonds. The van der Waals surface area contributed by atoms with Crippen molar-refractivity contribution in [1.29, 1.82) is 0 Å². The summed E-state index contributed by atoms with van der Waals surface area (Å²) < 4.78 is 48.6. The zero-order valence-corrected chi connectivity index (χ0v) is 24.1. The van der Waals surface area contributed by atoms with E-state index in [9.17, 15) is 38.4 Å². The normalized spacial score (nSPS) is 33.3. The van der Waals surface area contributed by atoms with Gasteiger partial charge in [-0.3, -0.25) is 38.4 Å². The maximum absolute atomic E-state index is 12.8. The van der Waals surface area contributed by atoms with E-state index in [1.807, 2.05) is 0 Å². The van der Waals surface area contributed by atoms with E-state index in [1.165, 1.54) is 0 Å². The molecule has 0 radical (unpaired) electrons. The van der Waals surface area contributed by atoms with Crippen molar-refractivity contribution in [1.82, 2.24) is 0 Å². The van der Waals surface area contributed by atoms with Crippen LogP contribution in [0.2, 0.25) is 0 Å². The van der Waals surface area contributed by atoms with Gasteiger partial charge in [-0.25, -0.2) is 0 Å². The van der Waals surface area contributed by atoms with Gasteiger partial charge >= 0.3 is 47.8 Å². The fraction of sp³-hybridized carbons (Fsp3) is 0.692. The summed E-state index contributed by atoms with van der Waals surface area (Å²) in [6.07, 6.45) is -12.7. The van der Waals surface area contributed by atoms with E-state index in [1.54, 1.807) is 0 Å². The van der Waals surface area contributed by atoms with Crippen molar-refractivity contribution in [3.63, 3.8) is 0 Å². The highest BCUT2D eigenvalue weighted by Crippen LogP contribution is 2.43. The van der Waals surface area contributed by atoms with Crippen molar-refractivity contribution in [3.05, 3.63) is 0 Å². The number of cyclic esters (lactones) is 2. The molecule has 2 heterocycles. The van der Waals surface area contributed by atoms with Crippen LogP contribution in [0, 0.1) is 11.8 Å². The average Bonchev–Trinajstić information content (AvgIpc) is 3.14. The smallest absolute Gasteiger partial charge is 0.320 e. The number of carbonyl (C=O) groups is 8. The lowest BCUT2D eigenvalue weighted by atomic mass is 9.75. The molecule has 1 aliphatic carbocycles. The Hall–Kier alpha value is -4.12. The van der Waals surface area contributed by atoms with Crippen molar-refractivity contribution < 1.29 is 81.0 Å². The predicted octanol–water partition coefficient (Wildman–Crippen LogP) is -0.962. The molecule has 10 atom stereocenters. The van der Waals surface area contributed by atoms with E-state index in [4.69, 9.17) is 42.6 Å². The number of ether oxygens (including phenoxy) is 9. The monoisotopic (exact) mass is 616 g/mol. The maximum Gasteiger partial charge on any atom is 0.320 e. The van der Waals surface area contributed by atoms with Gasteiger partial charge in [0.2, 0.25) is 0 Å². The standard InChI is InChI=1S/C26H32O17/c1-9(27)35-8-17-20(38-12(4)30)22(39-13(5)31)23(40-14(6)32)26(41-17)42-21-18-15(24(33)43-25(18)34)7-16(36-10(2)28)19(21)37-11(3)29/h15-23,26H,7-8H2,1-6H3/t15-,16-,17-,18-,19-,20-,21-,22+,23-,26+/m1/s1.